The van der Waals surface area contributed by atoms with E-state index in [0.717, 1.165) is 12.1 Å². The number of para-hydroxylation sites is 1. The summed E-state index contributed by atoms with van der Waals surface area (Å²) in [6.45, 7) is 3.73. The molecule has 0 fully saturated rings. The van der Waals surface area contributed by atoms with Gasteiger partial charge in [0.1, 0.15) is 22.3 Å². The first-order valence-corrected chi connectivity index (χ1v) is 18.6. The molecule has 2 aromatic heterocycles. The predicted octanol–water partition coefficient (Wildman–Crippen LogP) is 15.5. The molecule has 2 nitrogen and oxygen atoms in total. The van der Waals surface area contributed by atoms with Crippen molar-refractivity contribution in [3.8, 4) is 33.4 Å². The van der Waals surface area contributed by atoms with Crippen molar-refractivity contribution >= 4 is 54.6 Å². The summed E-state index contributed by atoms with van der Waals surface area (Å²) in [7, 11) is 0. The highest BCUT2D eigenvalue weighted by Gasteiger charge is 2.36. The van der Waals surface area contributed by atoms with Gasteiger partial charge in [-0.25, -0.2) is 0 Å². The van der Waals surface area contributed by atoms with Gasteiger partial charge in [-0.1, -0.05) is 171 Å². The Bertz CT molecular complexity index is 4530. The number of hydrogen-bond acceptors (Lipinski definition) is 2. The van der Waals surface area contributed by atoms with E-state index >= 15 is 0 Å². The van der Waals surface area contributed by atoms with Gasteiger partial charge in [0, 0.05) is 38.3 Å². The van der Waals surface area contributed by atoms with Crippen LogP contribution in [0.2, 0.25) is 0 Å². The molecular weight excluding hydrogens is 705 g/mol. The lowest BCUT2D eigenvalue weighted by molar-refractivity contribution is 0.658. The van der Waals surface area contributed by atoms with Gasteiger partial charge >= 0.3 is 0 Å². The van der Waals surface area contributed by atoms with Crippen LogP contribution in [0.1, 0.15) is 73.6 Å². The molecule has 0 radical (unpaired) electrons. The van der Waals surface area contributed by atoms with Crippen LogP contribution in [-0.2, 0) is 5.41 Å². The minimum Gasteiger partial charge on any atom is -0.456 e. The second-order valence-corrected chi connectivity index (χ2v) is 14.9. The molecule has 11 aromatic rings. The Morgan fingerprint density at radius 2 is 1.28 bits per heavy atom. The lowest BCUT2D eigenvalue weighted by atomic mass is 9.78. The fourth-order valence-electron chi connectivity index (χ4n) is 8.48. The summed E-state index contributed by atoms with van der Waals surface area (Å²) in [5, 5.41) is 0.232. The Balaban J connectivity index is 1.24. The Morgan fingerprint density at radius 1 is 0.466 bits per heavy atom. The third-order valence-electron chi connectivity index (χ3n) is 11.3. The SMILES string of the molecule is [2H]c1cc([2H])c2oc3c([2H])c(C(c4ccc5c(c4)C(C)(C)c4c([2H])c([2H])cc([2H])c4-5)c4cc(-c5cc([2H])c(-c6c([2H])cc([2H])c([2H])c6[2H])c([2H])c5)c5c(oc6c7c([2H])c([2H])cc([2H])c7c([2H])c([2H])c65)c4[2H])c([2H])cc3c2c1. The van der Waals surface area contributed by atoms with E-state index in [2.05, 4.69) is 0 Å². The summed E-state index contributed by atoms with van der Waals surface area (Å²) in [6.07, 6.45) is 0. The molecule has 1 atom stereocenters. The summed E-state index contributed by atoms with van der Waals surface area (Å²) in [5.41, 5.74) is 0.947. The second kappa shape index (κ2) is 12.4. The smallest absolute Gasteiger partial charge is 0.143 e. The Labute approximate surface area is 363 Å². The fourth-order valence-corrected chi connectivity index (χ4v) is 8.48. The molecule has 9 aromatic carbocycles. The predicted molar refractivity (Wildman–Crippen MR) is 241 cm³/mol. The summed E-state index contributed by atoms with van der Waals surface area (Å²) in [6, 6.07) is 11.3. The molecule has 0 bridgehead atoms. The number of hydrogen-bond donors (Lipinski definition) is 0. The third-order valence-corrected chi connectivity index (χ3v) is 11.3. The average molecular weight is 762 g/mol. The average Bonchev–Trinajstić information content (AvgIpc) is 4.12. The van der Waals surface area contributed by atoms with E-state index in [1.54, 1.807) is 18.2 Å². The topological polar surface area (TPSA) is 26.3 Å². The zero-order valence-corrected chi connectivity index (χ0v) is 30.8. The summed E-state index contributed by atoms with van der Waals surface area (Å²) >= 11 is 0. The van der Waals surface area contributed by atoms with E-state index in [4.69, 9.17) is 25.3 Å². The molecule has 58 heavy (non-hydrogen) atoms. The summed E-state index contributed by atoms with van der Waals surface area (Å²) in [5.74, 6) is -1.31. The Kier molecular flexibility index (Phi) is 4.14. The van der Waals surface area contributed by atoms with Crippen molar-refractivity contribution in [3.05, 3.63) is 215 Å². The van der Waals surface area contributed by atoms with E-state index < -0.39 is 47.6 Å². The van der Waals surface area contributed by atoms with Gasteiger partial charge in [0.15, 0.2) is 0 Å². The Morgan fingerprint density at radius 3 is 2.21 bits per heavy atom. The van der Waals surface area contributed by atoms with Crippen LogP contribution in [0.25, 0.3) is 88.0 Å². The molecular formula is C56H38O2. The third kappa shape index (κ3) is 4.91. The van der Waals surface area contributed by atoms with Gasteiger partial charge in [0.25, 0.3) is 0 Å². The maximum atomic E-state index is 10.3. The minimum atomic E-state index is -1.31. The standard InChI is InChI=1S/C56H38O2/c1-56(2)48-18-10-8-16-42(48)43-27-25-38(31-49(43)56)53(39-26-28-45-44-17-9-11-19-50(44)57-51(45)32-39)40-30-47(37-22-20-35(21-23-37)34-12-4-3-5-13-34)54-46-29-24-36-14-6-7-15-41(36)55(46)58-52(54)33-40/h3-33,53H,1-2H3/i3D,4D,7D,9D,10D,12D,13D,14D,15D,16D,18D,19D,20D,21D,24D,26D,29D,32D,33D. The number of furan rings is 2. The Hall–Kier alpha value is -7.16. The van der Waals surface area contributed by atoms with Crippen LogP contribution in [-0.4, -0.2) is 0 Å². The molecule has 0 aliphatic heterocycles. The number of fused-ring (bicyclic) bond motifs is 11. The van der Waals surface area contributed by atoms with E-state index in [9.17, 15) is 9.60 Å². The molecule has 0 amide bonds. The molecule has 0 saturated carbocycles. The van der Waals surface area contributed by atoms with Crippen molar-refractivity contribution in [2.75, 3.05) is 0 Å². The molecule has 1 aliphatic rings. The van der Waals surface area contributed by atoms with Crippen LogP contribution < -0.4 is 0 Å². The number of benzene rings is 9. The van der Waals surface area contributed by atoms with Gasteiger partial charge < -0.3 is 8.83 Å². The highest BCUT2D eigenvalue weighted by Crippen LogP contribution is 2.51. The highest BCUT2D eigenvalue weighted by molar-refractivity contribution is 6.19. The maximum Gasteiger partial charge on any atom is 0.143 e. The molecule has 0 spiro atoms. The normalized spacial score (nSPS) is 18.3. The van der Waals surface area contributed by atoms with Crippen LogP contribution in [0.15, 0.2) is 196 Å². The molecule has 2 heterocycles. The first-order chi connectivity index (χ1) is 36.3. The minimum absolute atomic E-state index is 0.00478. The lowest BCUT2D eigenvalue weighted by Gasteiger charge is -2.25. The molecule has 1 aliphatic carbocycles. The molecule has 2 heteroatoms. The molecule has 0 N–H and O–H groups in total. The monoisotopic (exact) mass is 761 g/mol. The van der Waals surface area contributed by atoms with Crippen LogP contribution in [0.5, 0.6) is 0 Å². The van der Waals surface area contributed by atoms with Crippen molar-refractivity contribution in [1.29, 1.82) is 0 Å². The van der Waals surface area contributed by atoms with Crippen LogP contribution in [0.3, 0.4) is 0 Å². The van der Waals surface area contributed by atoms with Gasteiger partial charge in [0.05, 0.1) is 26.0 Å². The van der Waals surface area contributed by atoms with Crippen LogP contribution >= 0.6 is 0 Å². The van der Waals surface area contributed by atoms with Gasteiger partial charge in [-0.3, -0.25) is 0 Å². The first kappa shape index (κ1) is 19.3. The second-order valence-electron chi connectivity index (χ2n) is 14.9. The van der Waals surface area contributed by atoms with Crippen molar-refractivity contribution in [3.63, 3.8) is 0 Å². The summed E-state index contributed by atoms with van der Waals surface area (Å²) in [4.78, 5) is 0. The zero-order chi connectivity index (χ0) is 55.1. The lowest BCUT2D eigenvalue weighted by Crippen LogP contribution is -2.15. The van der Waals surface area contributed by atoms with E-state index in [-0.39, 0.29) is 161 Å². The van der Waals surface area contributed by atoms with Crippen molar-refractivity contribution in [2.24, 2.45) is 0 Å². The highest BCUT2D eigenvalue weighted by atomic mass is 16.3. The maximum absolute atomic E-state index is 10.3. The van der Waals surface area contributed by atoms with Crippen molar-refractivity contribution in [2.45, 2.75) is 25.2 Å². The van der Waals surface area contributed by atoms with E-state index in [1.165, 1.54) is 42.5 Å². The van der Waals surface area contributed by atoms with Gasteiger partial charge in [-0.05, 0) is 96.8 Å². The van der Waals surface area contributed by atoms with Gasteiger partial charge in [0.2, 0.25) is 0 Å². The fraction of sp³-hybridized carbons (Fsp3) is 0.0714. The molecule has 1 unspecified atom stereocenters. The van der Waals surface area contributed by atoms with Gasteiger partial charge in [-0.15, -0.1) is 0 Å². The first-order valence-electron chi connectivity index (χ1n) is 28.1. The van der Waals surface area contributed by atoms with E-state index in [0.29, 0.717) is 33.2 Å². The summed E-state index contributed by atoms with van der Waals surface area (Å²) < 4.78 is 184. The zero-order valence-electron chi connectivity index (χ0n) is 49.8. The van der Waals surface area contributed by atoms with Gasteiger partial charge in [-0.2, -0.15) is 0 Å². The van der Waals surface area contributed by atoms with E-state index in [1.807, 2.05) is 13.8 Å². The van der Waals surface area contributed by atoms with Crippen LogP contribution in [0.4, 0.5) is 0 Å². The quantitative estimate of drug-likeness (QED) is 0.163. The van der Waals surface area contributed by atoms with Crippen LogP contribution in [0, 0.1) is 0 Å². The molecule has 12 rings (SSSR count). The van der Waals surface area contributed by atoms with Crippen molar-refractivity contribution in [1.82, 2.24) is 0 Å². The molecule has 274 valence electrons. The number of rotatable bonds is 5. The van der Waals surface area contributed by atoms with Crippen molar-refractivity contribution < 1.29 is 34.9 Å². The molecule has 0 saturated heterocycles. The largest absolute Gasteiger partial charge is 0.456 e.